The number of phenols is 1. The molecule has 0 aliphatic rings. The lowest BCUT2D eigenvalue weighted by Gasteiger charge is -2.10. The van der Waals surface area contributed by atoms with E-state index in [9.17, 15) is 5.11 Å². The van der Waals surface area contributed by atoms with Crippen LogP contribution in [0.5, 0.6) is 5.75 Å². The molecule has 94 valence electrons. The van der Waals surface area contributed by atoms with Crippen LogP contribution in [0.4, 0.5) is 5.69 Å². The molecular weight excluding hydrogens is 314 g/mol. The van der Waals surface area contributed by atoms with E-state index in [0.717, 1.165) is 21.3 Å². The number of nitrogens with one attached hydrogen (secondary N) is 1. The van der Waals surface area contributed by atoms with Gasteiger partial charge in [0.15, 0.2) is 0 Å². The van der Waals surface area contributed by atoms with E-state index in [4.69, 9.17) is 11.6 Å². The maximum atomic E-state index is 9.73. The number of hydrogen-bond donors (Lipinski definition) is 2. The molecule has 0 aliphatic heterocycles. The number of phenolic OH excluding ortho intramolecular Hbond substituents is 1. The Kier molecular flexibility index (Phi) is 4.15. The van der Waals surface area contributed by atoms with Gasteiger partial charge in [-0.25, -0.2) is 0 Å². The summed E-state index contributed by atoms with van der Waals surface area (Å²) in [6, 6.07) is 11.2. The Balaban J connectivity index is 2.13. The fourth-order valence-electron chi connectivity index (χ4n) is 1.65. The van der Waals surface area contributed by atoms with Crippen LogP contribution in [0, 0.1) is 6.92 Å². The van der Waals surface area contributed by atoms with Crippen molar-refractivity contribution in [3.63, 3.8) is 0 Å². The van der Waals surface area contributed by atoms with Crippen LogP contribution < -0.4 is 5.32 Å². The van der Waals surface area contributed by atoms with Crippen LogP contribution in [0.3, 0.4) is 0 Å². The molecule has 0 aliphatic carbocycles. The van der Waals surface area contributed by atoms with Gasteiger partial charge in [-0.3, -0.25) is 0 Å². The summed E-state index contributed by atoms with van der Waals surface area (Å²) in [5.41, 5.74) is 2.80. The Morgan fingerprint density at radius 2 is 2.00 bits per heavy atom. The molecule has 18 heavy (non-hydrogen) atoms. The summed E-state index contributed by atoms with van der Waals surface area (Å²) in [6.07, 6.45) is 0. The summed E-state index contributed by atoms with van der Waals surface area (Å²) in [4.78, 5) is 0. The van der Waals surface area contributed by atoms with Crippen LogP contribution in [-0.2, 0) is 6.54 Å². The van der Waals surface area contributed by atoms with Crippen LogP contribution in [0.15, 0.2) is 40.9 Å². The van der Waals surface area contributed by atoms with E-state index >= 15 is 0 Å². The van der Waals surface area contributed by atoms with Gasteiger partial charge in [0.05, 0.1) is 10.7 Å². The van der Waals surface area contributed by atoms with Crippen molar-refractivity contribution in [2.45, 2.75) is 13.5 Å². The fourth-order valence-corrected chi connectivity index (χ4v) is 2.36. The average Bonchev–Trinajstić information content (AvgIpc) is 2.32. The molecule has 2 nitrogen and oxygen atoms in total. The molecule has 0 amide bonds. The molecule has 4 heteroatoms. The molecule has 0 aromatic heterocycles. The van der Waals surface area contributed by atoms with Crippen LogP contribution in [0.1, 0.15) is 11.1 Å². The number of anilines is 1. The maximum Gasteiger partial charge on any atom is 0.120 e. The van der Waals surface area contributed by atoms with Gasteiger partial charge in [-0.15, -0.1) is 0 Å². The first-order chi connectivity index (χ1) is 8.56. The first-order valence-corrected chi connectivity index (χ1v) is 6.71. The minimum Gasteiger partial charge on any atom is -0.508 e. The molecule has 0 unspecified atom stereocenters. The smallest absolute Gasteiger partial charge is 0.120 e. The topological polar surface area (TPSA) is 32.3 Å². The van der Waals surface area contributed by atoms with Crippen molar-refractivity contribution in [2.75, 3.05) is 5.32 Å². The van der Waals surface area contributed by atoms with Crippen molar-refractivity contribution in [1.82, 2.24) is 0 Å². The van der Waals surface area contributed by atoms with Crippen molar-refractivity contribution >= 4 is 33.2 Å². The molecule has 0 saturated carbocycles. The first kappa shape index (κ1) is 13.2. The molecule has 2 N–H and O–H groups in total. The lowest BCUT2D eigenvalue weighted by molar-refractivity contribution is 0.469. The Morgan fingerprint density at radius 3 is 2.72 bits per heavy atom. The van der Waals surface area contributed by atoms with Gasteiger partial charge in [-0.1, -0.05) is 33.6 Å². The predicted octanol–water partition coefficient (Wildman–Crippen LogP) is 4.73. The van der Waals surface area contributed by atoms with Gasteiger partial charge in [0.2, 0.25) is 0 Å². The average molecular weight is 327 g/mol. The SMILES string of the molecule is Cc1ccc(NCc2cc(Br)ccc2O)c(Cl)c1. The summed E-state index contributed by atoms with van der Waals surface area (Å²) in [5, 5.41) is 13.6. The normalized spacial score (nSPS) is 10.4. The van der Waals surface area contributed by atoms with Gasteiger partial charge in [0.1, 0.15) is 5.75 Å². The van der Waals surface area contributed by atoms with Gasteiger partial charge < -0.3 is 10.4 Å². The second-order valence-electron chi connectivity index (χ2n) is 4.11. The Labute approximate surface area is 120 Å². The van der Waals surface area contributed by atoms with Crippen LogP contribution >= 0.6 is 27.5 Å². The zero-order valence-corrected chi connectivity index (χ0v) is 12.2. The molecule has 0 fully saturated rings. The van der Waals surface area contributed by atoms with Gasteiger partial charge in [0, 0.05) is 16.6 Å². The molecule has 0 radical (unpaired) electrons. The van der Waals surface area contributed by atoms with Gasteiger partial charge in [-0.05, 0) is 42.8 Å². The number of benzene rings is 2. The Morgan fingerprint density at radius 1 is 1.22 bits per heavy atom. The van der Waals surface area contributed by atoms with E-state index in [1.807, 2.05) is 31.2 Å². The maximum absolute atomic E-state index is 9.73. The third-order valence-electron chi connectivity index (χ3n) is 2.64. The number of rotatable bonds is 3. The van der Waals surface area contributed by atoms with Crippen molar-refractivity contribution in [3.8, 4) is 5.75 Å². The summed E-state index contributed by atoms with van der Waals surface area (Å²) < 4.78 is 0.937. The molecule has 2 rings (SSSR count). The minimum absolute atomic E-state index is 0.272. The van der Waals surface area contributed by atoms with E-state index in [1.165, 1.54) is 0 Å². The molecule has 2 aromatic carbocycles. The number of aryl methyl sites for hydroxylation is 1. The summed E-state index contributed by atoms with van der Waals surface area (Å²) in [5.74, 6) is 0.272. The molecule has 0 heterocycles. The highest BCUT2D eigenvalue weighted by atomic mass is 79.9. The standard InChI is InChI=1S/C14H13BrClNO/c1-9-2-4-13(12(16)6-9)17-8-10-7-11(15)3-5-14(10)18/h2-7,17-18H,8H2,1H3. The van der Waals surface area contributed by atoms with Crippen LogP contribution in [0.2, 0.25) is 5.02 Å². The number of aromatic hydroxyl groups is 1. The third-order valence-corrected chi connectivity index (χ3v) is 3.44. The van der Waals surface area contributed by atoms with E-state index in [1.54, 1.807) is 12.1 Å². The Bertz CT molecular complexity index is 572. The van der Waals surface area contributed by atoms with E-state index < -0.39 is 0 Å². The highest BCUT2D eigenvalue weighted by molar-refractivity contribution is 9.10. The first-order valence-electron chi connectivity index (χ1n) is 5.53. The van der Waals surface area contributed by atoms with Gasteiger partial charge >= 0.3 is 0 Å². The van der Waals surface area contributed by atoms with Crippen molar-refractivity contribution in [3.05, 3.63) is 57.0 Å². The summed E-state index contributed by atoms with van der Waals surface area (Å²) in [7, 11) is 0. The highest BCUT2D eigenvalue weighted by Crippen LogP contribution is 2.26. The van der Waals surface area contributed by atoms with Crippen molar-refractivity contribution in [2.24, 2.45) is 0 Å². The third kappa shape index (κ3) is 3.18. The number of hydrogen-bond acceptors (Lipinski definition) is 2. The van der Waals surface area contributed by atoms with E-state index in [2.05, 4.69) is 21.2 Å². The van der Waals surface area contributed by atoms with Crippen molar-refractivity contribution < 1.29 is 5.11 Å². The summed E-state index contributed by atoms with van der Waals surface area (Å²) >= 11 is 9.51. The second kappa shape index (κ2) is 5.63. The molecule has 0 spiro atoms. The lowest BCUT2D eigenvalue weighted by atomic mass is 10.2. The van der Waals surface area contributed by atoms with Crippen LogP contribution in [0.25, 0.3) is 0 Å². The van der Waals surface area contributed by atoms with Gasteiger partial charge in [0.25, 0.3) is 0 Å². The molecule has 0 saturated heterocycles. The largest absolute Gasteiger partial charge is 0.508 e. The molecule has 2 aromatic rings. The number of halogens is 2. The molecule has 0 bridgehead atoms. The predicted molar refractivity (Wildman–Crippen MR) is 79.3 cm³/mol. The van der Waals surface area contributed by atoms with E-state index in [-0.39, 0.29) is 5.75 Å². The zero-order valence-electron chi connectivity index (χ0n) is 9.87. The highest BCUT2D eigenvalue weighted by Gasteiger charge is 2.04. The minimum atomic E-state index is 0.272. The molecular formula is C14H13BrClNO. The zero-order chi connectivity index (χ0) is 13.1. The van der Waals surface area contributed by atoms with E-state index in [0.29, 0.717) is 11.6 Å². The second-order valence-corrected chi connectivity index (χ2v) is 5.43. The van der Waals surface area contributed by atoms with Gasteiger partial charge in [-0.2, -0.15) is 0 Å². The molecule has 0 atom stereocenters. The monoisotopic (exact) mass is 325 g/mol. The lowest BCUT2D eigenvalue weighted by Crippen LogP contribution is -2.00. The van der Waals surface area contributed by atoms with Crippen LogP contribution in [-0.4, -0.2) is 5.11 Å². The Hall–Kier alpha value is -1.19. The van der Waals surface area contributed by atoms with Crippen molar-refractivity contribution in [1.29, 1.82) is 0 Å². The quantitative estimate of drug-likeness (QED) is 0.854. The fraction of sp³-hybridized carbons (Fsp3) is 0.143. The summed E-state index contributed by atoms with van der Waals surface area (Å²) in [6.45, 7) is 2.52.